The molecule has 58 heavy (non-hydrogen) atoms. The average molecular weight is 809 g/mol. The second-order valence-electron chi connectivity index (χ2n) is 15.6. The zero-order chi connectivity index (χ0) is 42.3. The molecular weight excluding hydrogens is 721 g/mol. The molecule has 0 saturated heterocycles. The quantitative estimate of drug-likeness (QED) is 0.0264. The van der Waals surface area contributed by atoms with E-state index in [2.05, 4.69) is 81.5 Å². The van der Waals surface area contributed by atoms with Gasteiger partial charge in [0, 0.05) is 12.8 Å². The molecule has 0 amide bonds. The van der Waals surface area contributed by atoms with Crippen molar-refractivity contribution >= 4 is 17.9 Å². The molecule has 1 atom stereocenters. The van der Waals surface area contributed by atoms with Crippen molar-refractivity contribution in [1.29, 1.82) is 0 Å². The molecule has 1 unspecified atom stereocenters. The SMILES string of the molecule is CC/C=C\C/C=C\C/C=C\CC(=O)OCC(COC(=O)CCCCCCCCC/C=C\C/C=C\CCCCC)OC(=O)CCCCC/C=C\CCCCCCCCC. The summed E-state index contributed by atoms with van der Waals surface area (Å²) < 4.78 is 16.6. The van der Waals surface area contributed by atoms with E-state index >= 15 is 0 Å². The summed E-state index contributed by atoms with van der Waals surface area (Å²) in [4.78, 5) is 37.7. The van der Waals surface area contributed by atoms with E-state index < -0.39 is 12.1 Å². The Labute approximate surface area is 357 Å². The number of hydrogen-bond acceptors (Lipinski definition) is 6. The first-order chi connectivity index (χ1) is 28.5. The second kappa shape index (κ2) is 46.5. The number of hydrogen-bond donors (Lipinski definition) is 0. The topological polar surface area (TPSA) is 78.9 Å². The number of unbranched alkanes of at least 4 members (excludes halogenated alkanes) is 20. The van der Waals surface area contributed by atoms with Crippen LogP contribution < -0.4 is 0 Å². The first-order valence-corrected chi connectivity index (χ1v) is 23.9. The normalized spacial score (nSPS) is 12.7. The van der Waals surface area contributed by atoms with Crippen LogP contribution in [0.5, 0.6) is 0 Å². The third kappa shape index (κ3) is 44.0. The summed E-state index contributed by atoms with van der Waals surface area (Å²) in [7, 11) is 0. The average Bonchev–Trinajstić information content (AvgIpc) is 3.22. The fraction of sp³-hybridized carbons (Fsp3) is 0.712. The zero-order valence-corrected chi connectivity index (χ0v) is 37.8. The fourth-order valence-corrected chi connectivity index (χ4v) is 6.35. The lowest BCUT2D eigenvalue weighted by molar-refractivity contribution is -0.166. The van der Waals surface area contributed by atoms with Crippen molar-refractivity contribution in [3.8, 4) is 0 Å². The zero-order valence-electron chi connectivity index (χ0n) is 37.8. The minimum atomic E-state index is -0.820. The Balaban J connectivity index is 4.42. The molecule has 332 valence electrons. The molecule has 0 rings (SSSR count). The summed E-state index contributed by atoms with van der Waals surface area (Å²) in [6.07, 6.45) is 57.8. The van der Waals surface area contributed by atoms with Gasteiger partial charge < -0.3 is 14.2 Å². The summed E-state index contributed by atoms with van der Waals surface area (Å²) in [5, 5.41) is 0. The minimum absolute atomic E-state index is 0.113. The molecule has 0 aliphatic rings. The fourth-order valence-electron chi connectivity index (χ4n) is 6.35. The van der Waals surface area contributed by atoms with E-state index in [4.69, 9.17) is 14.2 Å². The van der Waals surface area contributed by atoms with Gasteiger partial charge in [-0.15, -0.1) is 0 Å². The van der Waals surface area contributed by atoms with Crippen LogP contribution in [0.15, 0.2) is 72.9 Å². The lowest BCUT2D eigenvalue weighted by Gasteiger charge is -2.18. The van der Waals surface area contributed by atoms with Gasteiger partial charge in [0.25, 0.3) is 0 Å². The molecule has 0 fully saturated rings. The standard InChI is InChI=1S/C52H88O6/c1-4-7-10-13-16-19-21-23-25-26-27-29-30-33-36-39-42-45-51(54)57-48-49(47-56-50(53)44-41-38-35-32-18-15-12-9-6-3)58-52(55)46-43-40-37-34-31-28-24-22-20-17-14-11-8-5-2/h9,12,16,18-19,23,25,28,31-32,38,41,49H,4-8,10-11,13-15,17,20-22,24,26-27,29-30,33-37,39-40,42-48H2,1-3H3/b12-9-,19-16-,25-23-,31-28-,32-18-,41-38-. The van der Waals surface area contributed by atoms with Crippen molar-refractivity contribution in [2.24, 2.45) is 0 Å². The van der Waals surface area contributed by atoms with Gasteiger partial charge in [0.2, 0.25) is 0 Å². The predicted molar refractivity (Wildman–Crippen MR) is 247 cm³/mol. The number of ether oxygens (including phenoxy) is 3. The van der Waals surface area contributed by atoms with Gasteiger partial charge in [0.1, 0.15) is 13.2 Å². The Kier molecular flexibility index (Phi) is 44.0. The Hall–Kier alpha value is -3.15. The van der Waals surface area contributed by atoms with Gasteiger partial charge in [0.15, 0.2) is 6.10 Å². The van der Waals surface area contributed by atoms with Crippen LogP contribution in [-0.4, -0.2) is 37.2 Å². The van der Waals surface area contributed by atoms with Gasteiger partial charge in [-0.3, -0.25) is 14.4 Å². The van der Waals surface area contributed by atoms with Crippen molar-refractivity contribution in [3.63, 3.8) is 0 Å². The molecule has 0 heterocycles. The number of esters is 3. The molecule has 0 aromatic rings. The summed E-state index contributed by atoms with van der Waals surface area (Å²) in [5.41, 5.74) is 0. The maximum atomic E-state index is 12.7. The van der Waals surface area contributed by atoms with E-state index in [9.17, 15) is 14.4 Å². The van der Waals surface area contributed by atoms with E-state index in [0.717, 1.165) is 83.5 Å². The molecule has 6 nitrogen and oxygen atoms in total. The molecule has 0 saturated carbocycles. The van der Waals surface area contributed by atoms with Crippen molar-refractivity contribution in [3.05, 3.63) is 72.9 Å². The highest BCUT2D eigenvalue weighted by atomic mass is 16.6. The number of carbonyl (C=O) groups is 3. The summed E-state index contributed by atoms with van der Waals surface area (Å²) in [6, 6.07) is 0. The Morgan fingerprint density at radius 1 is 0.379 bits per heavy atom. The lowest BCUT2D eigenvalue weighted by atomic mass is 10.1. The highest BCUT2D eigenvalue weighted by Gasteiger charge is 2.19. The van der Waals surface area contributed by atoms with Gasteiger partial charge >= 0.3 is 17.9 Å². The smallest absolute Gasteiger partial charge is 0.309 e. The Bertz CT molecular complexity index is 1110. The van der Waals surface area contributed by atoms with Crippen molar-refractivity contribution in [2.75, 3.05) is 13.2 Å². The predicted octanol–water partition coefficient (Wildman–Crippen LogP) is 15.5. The first kappa shape index (κ1) is 54.9. The van der Waals surface area contributed by atoms with Crippen LogP contribution in [0.4, 0.5) is 0 Å². The monoisotopic (exact) mass is 809 g/mol. The van der Waals surface area contributed by atoms with Crippen LogP contribution in [0.2, 0.25) is 0 Å². The summed E-state index contributed by atoms with van der Waals surface area (Å²) >= 11 is 0. The molecule has 0 bridgehead atoms. The van der Waals surface area contributed by atoms with E-state index in [0.29, 0.717) is 6.42 Å². The molecule has 0 aliphatic heterocycles. The van der Waals surface area contributed by atoms with Crippen LogP contribution in [0.3, 0.4) is 0 Å². The van der Waals surface area contributed by atoms with Crippen molar-refractivity contribution < 1.29 is 28.6 Å². The number of rotatable bonds is 42. The highest BCUT2D eigenvalue weighted by molar-refractivity contribution is 5.72. The molecule has 0 spiro atoms. The van der Waals surface area contributed by atoms with Gasteiger partial charge in [0.05, 0.1) is 6.42 Å². The van der Waals surface area contributed by atoms with Crippen molar-refractivity contribution in [1.82, 2.24) is 0 Å². The van der Waals surface area contributed by atoms with Crippen LogP contribution in [0.1, 0.15) is 220 Å². The molecule has 0 radical (unpaired) electrons. The largest absolute Gasteiger partial charge is 0.462 e. The van der Waals surface area contributed by atoms with Gasteiger partial charge in [-0.05, 0) is 89.9 Å². The first-order valence-electron chi connectivity index (χ1n) is 23.9. The summed E-state index contributed by atoms with van der Waals surface area (Å²) in [6.45, 7) is 6.36. The van der Waals surface area contributed by atoms with Gasteiger partial charge in [-0.25, -0.2) is 0 Å². The van der Waals surface area contributed by atoms with E-state index in [-0.39, 0.29) is 38.0 Å². The van der Waals surface area contributed by atoms with E-state index in [1.807, 2.05) is 6.08 Å². The van der Waals surface area contributed by atoms with E-state index in [1.165, 1.54) is 96.3 Å². The van der Waals surface area contributed by atoms with Crippen LogP contribution >= 0.6 is 0 Å². The molecular formula is C52H88O6. The second-order valence-corrected chi connectivity index (χ2v) is 15.6. The van der Waals surface area contributed by atoms with Gasteiger partial charge in [-0.1, -0.05) is 184 Å². The van der Waals surface area contributed by atoms with Gasteiger partial charge in [-0.2, -0.15) is 0 Å². The lowest BCUT2D eigenvalue weighted by Crippen LogP contribution is -2.30. The highest BCUT2D eigenvalue weighted by Crippen LogP contribution is 2.13. The number of carbonyl (C=O) groups excluding carboxylic acids is 3. The van der Waals surface area contributed by atoms with E-state index in [1.54, 1.807) is 6.08 Å². The molecule has 0 aromatic carbocycles. The summed E-state index contributed by atoms with van der Waals surface area (Å²) in [5.74, 6) is -1.07. The molecule has 6 heteroatoms. The van der Waals surface area contributed by atoms with Crippen LogP contribution in [-0.2, 0) is 28.6 Å². The van der Waals surface area contributed by atoms with Crippen LogP contribution in [0.25, 0.3) is 0 Å². The van der Waals surface area contributed by atoms with Crippen LogP contribution in [0, 0.1) is 0 Å². The Morgan fingerprint density at radius 2 is 0.741 bits per heavy atom. The third-order valence-corrected chi connectivity index (χ3v) is 9.95. The number of allylic oxidation sites excluding steroid dienone is 11. The molecule has 0 aliphatic carbocycles. The molecule has 0 aromatic heterocycles. The molecule has 0 N–H and O–H groups in total. The minimum Gasteiger partial charge on any atom is -0.462 e. The third-order valence-electron chi connectivity index (χ3n) is 9.95. The van der Waals surface area contributed by atoms with Crippen molar-refractivity contribution in [2.45, 2.75) is 226 Å². The Morgan fingerprint density at radius 3 is 1.28 bits per heavy atom. The maximum Gasteiger partial charge on any atom is 0.309 e. The maximum absolute atomic E-state index is 12.7.